The van der Waals surface area contributed by atoms with E-state index in [9.17, 15) is 4.79 Å². The van der Waals surface area contributed by atoms with Crippen molar-refractivity contribution in [2.24, 2.45) is 0 Å². The minimum atomic E-state index is -0.271. The average Bonchev–Trinajstić information content (AvgIpc) is 2.59. The van der Waals surface area contributed by atoms with Gasteiger partial charge in [-0.25, -0.2) is 0 Å². The van der Waals surface area contributed by atoms with Gasteiger partial charge in [0.05, 0.1) is 19.9 Å². The fourth-order valence-electron chi connectivity index (χ4n) is 2.30. The molecule has 0 aliphatic heterocycles. The van der Waals surface area contributed by atoms with Crippen LogP contribution in [-0.2, 0) is 10.2 Å². The Morgan fingerprint density at radius 2 is 1.76 bits per heavy atom. The summed E-state index contributed by atoms with van der Waals surface area (Å²) in [5.41, 5.74) is 1.72. The summed E-state index contributed by atoms with van der Waals surface area (Å²) in [6.45, 7) is 6.31. The molecule has 5 nitrogen and oxygen atoms in total. The summed E-state index contributed by atoms with van der Waals surface area (Å²) in [6.07, 6.45) is 0. The summed E-state index contributed by atoms with van der Waals surface area (Å²) in [6, 6.07) is 13.0. The lowest BCUT2D eigenvalue weighted by Gasteiger charge is -2.19. The van der Waals surface area contributed by atoms with E-state index >= 15 is 0 Å². The van der Waals surface area contributed by atoms with Gasteiger partial charge in [-0.3, -0.25) is 4.79 Å². The minimum Gasteiger partial charge on any atom is -0.497 e. The minimum absolute atomic E-state index is 0.0234. The lowest BCUT2D eigenvalue weighted by atomic mass is 9.87. The van der Waals surface area contributed by atoms with Gasteiger partial charge in [-0.2, -0.15) is 0 Å². The number of methoxy groups -OCH3 is 2. The van der Waals surface area contributed by atoms with Gasteiger partial charge in [-0.1, -0.05) is 32.9 Å². The molecule has 5 heteroatoms. The molecule has 2 aromatic rings. The fourth-order valence-corrected chi connectivity index (χ4v) is 2.30. The number of amides is 1. The molecular weight excluding hydrogens is 318 g/mol. The highest BCUT2D eigenvalue weighted by Crippen LogP contribution is 2.29. The highest BCUT2D eigenvalue weighted by Gasteiger charge is 2.14. The molecule has 0 fully saturated rings. The van der Waals surface area contributed by atoms with Gasteiger partial charge in [-0.05, 0) is 35.2 Å². The lowest BCUT2D eigenvalue weighted by molar-refractivity contribution is -0.118. The second-order valence-electron chi connectivity index (χ2n) is 6.68. The molecule has 0 spiro atoms. The van der Waals surface area contributed by atoms with Crippen LogP contribution in [0.3, 0.4) is 0 Å². The maximum Gasteiger partial charge on any atom is 0.262 e. The lowest BCUT2D eigenvalue weighted by Crippen LogP contribution is -2.20. The van der Waals surface area contributed by atoms with Crippen LogP contribution in [0.5, 0.6) is 17.2 Å². The van der Waals surface area contributed by atoms with Crippen LogP contribution in [-0.4, -0.2) is 26.7 Å². The van der Waals surface area contributed by atoms with Gasteiger partial charge in [0.15, 0.2) is 6.61 Å². The Kier molecular flexibility index (Phi) is 5.91. The molecule has 0 unspecified atom stereocenters. The Labute approximate surface area is 148 Å². The van der Waals surface area contributed by atoms with E-state index in [1.54, 1.807) is 32.4 Å². The molecular formula is C20H25NO4. The predicted octanol–water partition coefficient (Wildman–Crippen LogP) is 4.02. The van der Waals surface area contributed by atoms with Crippen LogP contribution in [0.1, 0.15) is 26.3 Å². The fraction of sp³-hybridized carbons (Fsp3) is 0.350. The maximum absolute atomic E-state index is 12.2. The summed E-state index contributed by atoms with van der Waals surface area (Å²) in [5.74, 6) is 1.59. The van der Waals surface area contributed by atoms with Crippen LogP contribution in [0.25, 0.3) is 0 Å². The van der Waals surface area contributed by atoms with Crippen molar-refractivity contribution in [2.45, 2.75) is 26.2 Å². The number of hydrogen-bond donors (Lipinski definition) is 1. The summed E-state index contributed by atoms with van der Waals surface area (Å²) in [5, 5.41) is 2.78. The van der Waals surface area contributed by atoms with Gasteiger partial charge in [0, 0.05) is 6.07 Å². The third kappa shape index (κ3) is 5.14. The normalized spacial score (nSPS) is 10.9. The molecule has 134 valence electrons. The molecule has 0 bridgehead atoms. The summed E-state index contributed by atoms with van der Waals surface area (Å²) in [4.78, 5) is 12.2. The maximum atomic E-state index is 12.2. The largest absolute Gasteiger partial charge is 0.497 e. The van der Waals surface area contributed by atoms with E-state index in [-0.39, 0.29) is 17.9 Å². The zero-order chi connectivity index (χ0) is 18.4. The number of hydrogen-bond acceptors (Lipinski definition) is 4. The third-order valence-corrected chi connectivity index (χ3v) is 3.75. The van der Waals surface area contributed by atoms with E-state index in [0.29, 0.717) is 22.9 Å². The van der Waals surface area contributed by atoms with E-state index in [1.165, 1.54) is 0 Å². The molecule has 2 rings (SSSR count). The summed E-state index contributed by atoms with van der Waals surface area (Å²) in [7, 11) is 3.12. The number of anilines is 1. The first-order chi connectivity index (χ1) is 11.8. The zero-order valence-electron chi connectivity index (χ0n) is 15.4. The molecule has 0 aromatic heterocycles. The number of carbonyl (C=O) groups excluding carboxylic acids is 1. The van der Waals surface area contributed by atoms with Gasteiger partial charge >= 0.3 is 0 Å². The first-order valence-electron chi connectivity index (χ1n) is 8.08. The Bertz CT molecular complexity index is 735. The third-order valence-electron chi connectivity index (χ3n) is 3.75. The Morgan fingerprint density at radius 1 is 1.00 bits per heavy atom. The number of carbonyl (C=O) groups is 1. The molecule has 0 saturated carbocycles. The van der Waals surface area contributed by atoms with E-state index in [4.69, 9.17) is 14.2 Å². The molecule has 0 aliphatic carbocycles. The summed E-state index contributed by atoms with van der Waals surface area (Å²) < 4.78 is 16.0. The molecule has 25 heavy (non-hydrogen) atoms. The average molecular weight is 343 g/mol. The van der Waals surface area contributed by atoms with Crippen molar-refractivity contribution in [1.82, 2.24) is 0 Å². The van der Waals surface area contributed by atoms with Gasteiger partial charge in [0.2, 0.25) is 0 Å². The van der Waals surface area contributed by atoms with Crippen molar-refractivity contribution < 1.29 is 19.0 Å². The number of rotatable bonds is 6. The van der Waals surface area contributed by atoms with Crippen LogP contribution in [0.2, 0.25) is 0 Å². The Morgan fingerprint density at radius 3 is 2.40 bits per heavy atom. The standard InChI is InChI=1S/C20H25NO4/c1-20(2,3)14-7-6-8-16(11-14)25-13-19(22)21-17-12-15(23-4)9-10-18(17)24-5/h6-12H,13H2,1-5H3,(H,21,22). The van der Waals surface area contributed by atoms with Gasteiger partial charge < -0.3 is 19.5 Å². The quantitative estimate of drug-likeness (QED) is 0.861. The topological polar surface area (TPSA) is 56.8 Å². The Balaban J connectivity index is 2.02. The monoisotopic (exact) mass is 343 g/mol. The molecule has 0 saturated heterocycles. The predicted molar refractivity (Wildman–Crippen MR) is 98.8 cm³/mol. The van der Waals surface area contributed by atoms with Crippen LogP contribution in [0.4, 0.5) is 5.69 Å². The molecule has 0 aliphatic rings. The summed E-state index contributed by atoms with van der Waals surface area (Å²) >= 11 is 0. The van der Waals surface area contributed by atoms with Crippen LogP contribution in [0.15, 0.2) is 42.5 Å². The number of nitrogens with one attached hydrogen (secondary N) is 1. The van der Waals surface area contributed by atoms with Crippen molar-refractivity contribution in [1.29, 1.82) is 0 Å². The second kappa shape index (κ2) is 7.92. The zero-order valence-corrected chi connectivity index (χ0v) is 15.4. The van der Waals surface area contributed by atoms with Crippen molar-refractivity contribution >= 4 is 11.6 Å². The first kappa shape index (κ1) is 18.6. The smallest absolute Gasteiger partial charge is 0.262 e. The van der Waals surface area contributed by atoms with Gasteiger partial charge in [0.1, 0.15) is 17.2 Å². The number of benzene rings is 2. The molecule has 2 aromatic carbocycles. The van der Waals surface area contributed by atoms with E-state index < -0.39 is 0 Å². The van der Waals surface area contributed by atoms with Gasteiger partial charge in [-0.15, -0.1) is 0 Å². The van der Waals surface area contributed by atoms with E-state index in [2.05, 4.69) is 26.1 Å². The van der Waals surface area contributed by atoms with E-state index in [0.717, 1.165) is 5.56 Å². The highest BCUT2D eigenvalue weighted by molar-refractivity contribution is 5.93. The molecule has 0 heterocycles. The van der Waals surface area contributed by atoms with E-state index in [1.807, 2.05) is 24.3 Å². The van der Waals surface area contributed by atoms with Crippen LogP contribution in [0, 0.1) is 0 Å². The molecule has 0 radical (unpaired) electrons. The van der Waals surface area contributed by atoms with Crippen molar-refractivity contribution in [3.05, 3.63) is 48.0 Å². The van der Waals surface area contributed by atoms with Crippen molar-refractivity contribution in [3.8, 4) is 17.2 Å². The van der Waals surface area contributed by atoms with Crippen LogP contribution < -0.4 is 19.5 Å². The highest BCUT2D eigenvalue weighted by atomic mass is 16.5. The molecule has 0 atom stereocenters. The van der Waals surface area contributed by atoms with Crippen LogP contribution >= 0.6 is 0 Å². The first-order valence-corrected chi connectivity index (χ1v) is 8.08. The van der Waals surface area contributed by atoms with Crippen molar-refractivity contribution in [3.63, 3.8) is 0 Å². The van der Waals surface area contributed by atoms with Crippen molar-refractivity contribution in [2.75, 3.05) is 26.1 Å². The molecule has 1 N–H and O–H groups in total. The molecule has 1 amide bonds. The second-order valence-corrected chi connectivity index (χ2v) is 6.68. The Hall–Kier alpha value is -2.69. The SMILES string of the molecule is COc1ccc(OC)c(NC(=O)COc2cccc(C(C)(C)C)c2)c1. The number of ether oxygens (including phenoxy) is 3. The van der Waals surface area contributed by atoms with Gasteiger partial charge in [0.25, 0.3) is 5.91 Å².